The minimum atomic E-state index is -0.264. The van der Waals surface area contributed by atoms with Crippen molar-refractivity contribution in [2.24, 2.45) is 10.9 Å². The molecule has 1 aliphatic rings. The summed E-state index contributed by atoms with van der Waals surface area (Å²) < 4.78 is 2.72. The average Bonchev–Trinajstić information content (AvgIpc) is 2.61. The first-order chi connectivity index (χ1) is 13.2. The van der Waals surface area contributed by atoms with Crippen LogP contribution in [0.15, 0.2) is 40.1 Å². The summed E-state index contributed by atoms with van der Waals surface area (Å²) in [5.74, 6) is -0.0422. The van der Waals surface area contributed by atoms with E-state index in [4.69, 9.17) is 0 Å². The zero-order chi connectivity index (χ0) is 20.6. The first-order valence-corrected chi connectivity index (χ1v) is 10.3. The molecule has 0 aliphatic carbocycles. The van der Waals surface area contributed by atoms with Crippen molar-refractivity contribution >= 4 is 46.0 Å². The van der Waals surface area contributed by atoms with E-state index >= 15 is 0 Å². The Balaban J connectivity index is 2.00. The minimum Gasteiger partial charge on any atom is -0.322 e. The molecule has 2 atom stereocenters. The number of carbonyl (C=O) groups is 1. The number of pyridine rings is 1. The summed E-state index contributed by atoms with van der Waals surface area (Å²) in [6.07, 6.45) is 3.52. The van der Waals surface area contributed by atoms with Crippen molar-refractivity contribution in [3.05, 3.63) is 66.1 Å². The molecule has 1 aliphatic heterocycles. The number of nitrogens with one attached hydrogen (secondary N) is 1. The molecule has 3 rings (SSSR count). The highest BCUT2D eigenvalue weighted by atomic mass is 127. The predicted octanol–water partition coefficient (Wildman–Crippen LogP) is 3.01. The van der Waals surface area contributed by atoms with Gasteiger partial charge in [0.2, 0.25) is 5.91 Å². The fraction of sp³-hybridized carbons (Fsp3) is 0.318. The van der Waals surface area contributed by atoms with Gasteiger partial charge in [-0.1, -0.05) is 13.0 Å². The van der Waals surface area contributed by atoms with Gasteiger partial charge < -0.3 is 5.32 Å². The Bertz CT molecular complexity index is 1160. The Morgan fingerprint density at radius 3 is 2.64 bits per heavy atom. The first-order valence-electron chi connectivity index (χ1n) is 9.25. The molecule has 2 heterocycles. The van der Waals surface area contributed by atoms with Gasteiger partial charge in [-0.3, -0.25) is 19.1 Å². The highest BCUT2D eigenvalue weighted by Gasteiger charge is 2.15. The fourth-order valence-electron chi connectivity index (χ4n) is 3.24. The Labute approximate surface area is 178 Å². The highest BCUT2D eigenvalue weighted by molar-refractivity contribution is 14.1. The molecule has 0 bridgehead atoms. The summed E-state index contributed by atoms with van der Waals surface area (Å²) in [5.41, 5.74) is 3.27. The van der Waals surface area contributed by atoms with Gasteiger partial charge in [-0.05, 0) is 85.5 Å². The van der Waals surface area contributed by atoms with Crippen molar-refractivity contribution in [2.45, 2.75) is 40.7 Å². The van der Waals surface area contributed by atoms with Crippen LogP contribution >= 0.6 is 22.6 Å². The molecule has 0 fully saturated rings. The number of benzene rings is 1. The standard InChI is InChI=1S/C22H24IN3O2/c1-12-10-20-18(24-16(12)5)6-7-22(28)26(20)15(4)11-21(27)25-19-9-13(2)17(23)8-14(19)3/h6-12,16H,1-5H3,(H,25,27)/b15-11-. The maximum atomic E-state index is 12.6. The summed E-state index contributed by atoms with van der Waals surface area (Å²) in [6.45, 7) is 9.87. The Kier molecular flexibility index (Phi) is 5.88. The topological polar surface area (TPSA) is 63.5 Å². The number of nitrogens with zero attached hydrogens (tertiary/aromatic N) is 2. The molecule has 1 aromatic carbocycles. The molecule has 6 heteroatoms. The van der Waals surface area contributed by atoms with Crippen LogP contribution in [0.4, 0.5) is 5.69 Å². The summed E-state index contributed by atoms with van der Waals surface area (Å²) >= 11 is 2.28. The molecule has 5 nitrogen and oxygen atoms in total. The molecule has 1 amide bonds. The van der Waals surface area contributed by atoms with E-state index in [9.17, 15) is 9.59 Å². The van der Waals surface area contributed by atoms with Crippen LogP contribution in [0.25, 0.3) is 11.8 Å². The van der Waals surface area contributed by atoms with Crippen molar-refractivity contribution in [1.82, 2.24) is 4.57 Å². The van der Waals surface area contributed by atoms with Crippen molar-refractivity contribution in [3.63, 3.8) is 0 Å². The van der Waals surface area contributed by atoms with Crippen LogP contribution in [-0.4, -0.2) is 16.5 Å². The SMILES string of the molecule is C/C(=C/C(=O)Nc1cc(C)c(I)cc1C)n1c(=O)ccc2c1=CC(C)C(C)N=2. The van der Waals surface area contributed by atoms with Crippen molar-refractivity contribution in [1.29, 1.82) is 0 Å². The number of rotatable bonds is 3. The van der Waals surface area contributed by atoms with Gasteiger partial charge in [-0.15, -0.1) is 0 Å². The number of anilines is 1. The van der Waals surface area contributed by atoms with E-state index in [0.717, 1.165) is 31.1 Å². The first kappa shape index (κ1) is 20.5. The highest BCUT2D eigenvalue weighted by Crippen LogP contribution is 2.22. The number of hydrogen-bond donors (Lipinski definition) is 1. The van der Waals surface area contributed by atoms with Gasteiger partial charge in [-0.25, -0.2) is 0 Å². The number of halogens is 1. The molecule has 2 unspecified atom stereocenters. The van der Waals surface area contributed by atoms with Crippen LogP contribution in [0, 0.1) is 23.3 Å². The molecule has 0 spiro atoms. The number of fused-ring (bicyclic) bond motifs is 1. The minimum absolute atomic E-state index is 0.165. The summed E-state index contributed by atoms with van der Waals surface area (Å²) in [5, 5.41) is 4.46. The second kappa shape index (κ2) is 8.03. The van der Waals surface area contributed by atoms with Crippen LogP contribution in [-0.2, 0) is 4.79 Å². The molecular weight excluding hydrogens is 465 g/mol. The number of aryl methyl sites for hydroxylation is 2. The van der Waals surface area contributed by atoms with Gasteiger partial charge in [0.25, 0.3) is 5.56 Å². The average molecular weight is 489 g/mol. The zero-order valence-corrected chi connectivity index (χ0v) is 18.9. The Morgan fingerprint density at radius 2 is 1.93 bits per heavy atom. The number of aromatic nitrogens is 1. The monoisotopic (exact) mass is 489 g/mol. The third-order valence-electron chi connectivity index (χ3n) is 5.09. The smallest absolute Gasteiger partial charge is 0.255 e. The van der Waals surface area contributed by atoms with Gasteiger partial charge in [0, 0.05) is 27.1 Å². The number of amides is 1. The van der Waals surface area contributed by atoms with Gasteiger partial charge in [0.1, 0.15) is 0 Å². The van der Waals surface area contributed by atoms with Crippen LogP contribution in [0.3, 0.4) is 0 Å². The van der Waals surface area contributed by atoms with Crippen molar-refractivity contribution in [3.8, 4) is 0 Å². The second-order valence-corrected chi connectivity index (χ2v) is 8.53. The van der Waals surface area contributed by atoms with E-state index in [2.05, 4.69) is 52.8 Å². The molecule has 0 saturated carbocycles. The lowest BCUT2D eigenvalue weighted by Crippen LogP contribution is -2.45. The quantitative estimate of drug-likeness (QED) is 0.533. The van der Waals surface area contributed by atoms with Gasteiger partial charge in [0.05, 0.1) is 16.7 Å². The van der Waals surface area contributed by atoms with E-state index in [1.807, 2.05) is 26.0 Å². The maximum absolute atomic E-state index is 12.6. The molecule has 1 aromatic heterocycles. The molecule has 28 heavy (non-hydrogen) atoms. The Hall–Kier alpha value is -2.22. The van der Waals surface area contributed by atoms with Crippen LogP contribution in [0.2, 0.25) is 0 Å². The lowest BCUT2D eigenvalue weighted by Gasteiger charge is -2.18. The van der Waals surface area contributed by atoms with Crippen LogP contribution in [0.5, 0.6) is 0 Å². The number of allylic oxidation sites excluding steroid dienone is 1. The summed E-state index contributed by atoms with van der Waals surface area (Å²) in [7, 11) is 0. The van der Waals surface area contributed by atoms with E-state index < -0.39 is 0 Å². The van der Waals surface area contributed by atoms with Crippen LogP contribution in [0.1, 0.15) is 31.9 Å². The van der Waals surface area contributed by atoms with E-state index in [0.29, 0.717) is 5.70 Å². The third kappa shape index (κ3) is 4.11. The molecule has 146 valence electrons. The van der Waals surface area contributed by atoms with Gasteiger partial charge >= 0.3 is 0 Å². The molecule has 1 N–H and O–H groups in total. The lowest BCUT2D eigenvalue weighted by molar-refractivity contribution is -0.111. The zero-order valence-electron chi connectivity index (χ0n) is 16.7. The van der Waals surface area contributed by atoms with E-state index in [1.54, 1.807) is 17.6 Å². The van der Waals surface area contributed by atoms with E-state index in [1.165, 1.54) is 12.1 Å². The number of hydrogen-bond acceptors (Lipinski definition) is 3. The number of carbonyl (C=O) groups excluding carboxylic acids is 1. The molecular formula is C22H24IN3O2. The molecule has 0 saturated heterocycles. The largest absolute Gasteiger partial charge is 0.322 e. The predicted molar refractivity (Wildman–Crippen MR) is 122 cm³/mol. The van der Waals surface area contributed by atoms with Crippen molar-refractivity contribution in [2.75, 3.05) is 5.32 Å². The van der Waals surface area contributed by atoms with Crippen molar-refractivity contribution < 1.29 is 4.79 Å². The lowest BCUT2D eigenvalue weighted by atomic mass is 10.0. The fourth-order valence-corrected chi connectivity index (χ4v) is 3.86. The van der Waals surface area contributed by atoms with E-state index in [-0.39, 0.29) is 23.4 Å². The third-order valence-corrected chi connectivity index (χ3v) is 6.25. The summed E-state index contributed by atoms with van der Waals surface area (Å²) in [4.78, 5) is 29.8. The Morgan fingerprint density at radius 1 is 1.21 bits per heavy atom. The summed E-state index contributed by atoms with van der Waals surface area (Å²) in [6, 6.07) is 7.42. The van der Waals surface area contributed by atoms with Gasteiger partial charge in [-0.2, -0.15) is 0 Å². The maximum Gasteiger partial charge on any atom is 0.255 e. The second-order valence-electron chi connectivity index (χ2n) is 7.36. The molecule has 0 radical (unpaired) electrons. The molecule has 2 aromatic rings. The normalized spacial score (nSPS) is 18.7. The van der Waals surface area contributed by atoms with Gasteiger partial charge in [0.15, 0.2) is 0 Å². The van der Waals surface area contributed by atoms with Crippen LogP contribution < -0.4 is 21.6 Å².